The minimum atomic E-state index is -0.406. The molecule has 6 heteroatoms. The fourth-order valence-corrected chi connectivity index (χ4v) is 1.96. The number of likely N-dealkylation sites (tertiary alicyclic amines) is 1. The Hall–Kier alpha value is 0.310. The van der Waals surface area contributed by atoms with E-state index < -0.39 is 5.60 Å². The molecular weight excluding hydrogens is 329 g/mol. The molecule has 0 aromatic rings. The first-order chi connectivity index (χ1) is 6.92. The lowest BCUT2D eigenvalue weighted by molar-refractivity contribution is -0.00647. The van der Waals surface area contributed by atoms with Crippen molar-refractivity contribution in [3.63, 3.8) is 0 Å². The lowest BCUT2D eigenvalue weighted by Crippen LogP contribution is -2.52. The van der Waals surface area contributed by atoms with E-state index in [4.69, 9.17) is 8.92 Å². The van der Waals surface area contributed by atoms with Crippen LogP contribution in [0.2, 0.25) is 0 Å². The van der Waals surface area contributed by atoms with Gasteiger partial charge in [-0.2, -0.15) is 0 Å². The van der Waals surface area contributed by atoms with Crippen molar-refractivity contribution in [2.24, 2.45) is 5.92 Å². The average molecular weight is 345 g/mol. The van der Waals surface area contributed by atoms with Gasteiger partial charge in [-0.15, -0.1) is 0 Å². The largest absolute Gasteiger partial charge is 0.444 e. The molecule has 4 nitrogen and oxygen atoms in total. The van der Waals surface area contributed by atoms with Crippen molar-refractivity contribution >= 4 is 36.5 Å². The third-order valence-electron chi connectivity index (χ3n) is 1.96. The van der Waals surface area contributed by atoms with E-state index in [2.05, 4.69) is 21.2 Å². The summed E-state index contributed by atoms with van der Waals surface area (Å²) in [5, 5.41) is 0. The molecular formula is C9H16INO3S. The predicted molar refractivity (Wildman–Crippen MR) is 68.9 cm³/mol. The molecule has 0 aromatic carbocycles. The molecule has 0 N–H and O–H groups in total. The van der Waals surface area contributed by atoms with E-state index in [0.717, 1.165) is 13.1 Å². The maximum absolute atomic E-state index is 11.5. The maximum atomic E-state index is 11.5. The molecule has 1 aliphatic heterocycles. The van der Waals surface area contributed by atoms with Gasteiger partial charge in [0, 0.05) is 40.2 Å². The van der Waals surface area contributed by atoms with Gasteiger partial charge in [-0.05, 0) is 20.8 Å². The first-order valence-corrected chi connectivity index (χ1v) is 8.09. The van der Waals surface area contributed by atoms with Crippen LogP contribution in [0.5, 0.6) is 0 Å². The first kappa shape index (κ1) is 13.4. The van der Waals surface area contributed by atoms with E-state index in [-0.39, 0.29) is 6.09 Å². The summed E-state index contributed by atoms with van der Waals surface area (Å²) in [5.74, 6) is 0.458. The van der Waals surface area contributed by atoms with Crippen molar-refractivity contribution in [1.82, 2.24) is 4.90 Å². The second-order valence-electron chi connectivity index (χ2n) is 4.60. The third-order valence-corrected chi connectivity index (χ3v) is 2.95. The summed E-state index contributed by atoms with van der Waals surface area (Å²) in [6, 6.07) is 0. The van der Waals surface area contributed by atoms with Crippen LogP contribution < -0.4 is 0 Å². The molecule has 0 unspecified atom stereocenters. The van der Waals surface area contributed by atoms with E-state index in [1.165, 1.54) is 9.21 Å². The van der Waals surface area contributed by atoms with Gasteiger partial charge in [-0.25, -0.2) is 4.79 Å². The van der Waals surface area contributed by atoms with Gasteiger partial charge in [0.25, 0.3) is 0 Å². The van der Waals surface area contributed by atoms with Crippen LogP contribution in [0.25, 0.3) is 0 Å². The molecule has 1 aliphatic rings. The molecule has 0 aliphatic carbocycles. The van der Waals surface area contributed by atoms with Gasteiger partial charge in [0.15, 0.2) is 0 Å². The summed E-state index contributed by atoms with van der Waals surface area (Å²) in [6.07, 6.45) is -0.221. The Morgan fingerprint density at radius 1 is 1.53 bits per heavy atom. The van der Waals surface area contributed by atoms with Gasteiger partial charge in [0.1, 0.15) is 5.60 Å². The second kappa shape index (κ2) is 5.58. The van der Waals surface area contributed by atoms with Crippen LogP contribution in [-0.4, -0.2) is 36.3 Å². The Balaban J connectivity index is 2.18. The number of carbonyl (C=O) groups is 1. The molecule has 1 rings (SSSR count). The highest BCUT2D eigenvalue weighted by atomic mass is 127. The molecule has 0 radical (unpaired) electrons. The van der Waals surface area contributed by atoms with E-state index in [9.17, 15) is 4.79 Å². The molecule has 88 valence electrons. The van der Waals surface area contributed by atoms with Crippen molar-refractivity contribution in [3.8, 4) is 0 Å². The van der Waals surface area contributed by atoms with Crippen LogP contribution in [0.4, 0.5) is 4.79 Å². The van der Waals surface area contributed by atoms with Crippen molar-refractivity contribution in [1.29, 1.82) is 0 Å². The number of halogens is 1. The van der Waals surface area contributed by atoms with Crippen molar-refractivity contribution in [3.05, 3.63) is 0 Å². The number of hydrogen-bond donors (Lipinski definition) is 0. The first-order valence-electron chi connectivity index (χ1n) is 4.80. The lowest BCUT2D eigenvalue weighted by atomic mass is 10.0. The fourth-order valence-electron chi connectivity index (χ4n) is 1.27. The molecule has 1 heterocycles. The normalized spacial score (nSPS) is 17.5. The Morgan fingerprint density at radius 3 is 2.60 bits per heavy atom. The van der Waals surface area contributed by atoms with E-state index in [1.807, 2.05) is 20.8 Å². The van der Waals surface area contributed by atoms with Gasteiger partial charge >= 0.3 is 6.09 Å². The number of amides is 1. The summed E-state index contributed by atoms with van der Waals surface area (Å²) >= 11 is 2.09. The summed E-state index contributed by atoms with van der Waals surface area (Å²) in [4.78, 5) is 13.2. The minimum absolute atomic E-state index is 0.221. The van der Waals surface area contributed by atoms with Gasteiger partial charge in [0.05, 0.1) is 15.8 Å². The predicted octanol–water partition coefficient (Wildman–Crippen LogP) is 2.87. The van der Waals surface area contributed by atoms with Crippen LogP contribution in [-0.2, 0) is 8.92 Å². The van der Waals surface area contributed by atoms with Crippen molar-refractivity contribution in [2.45, 2.75) is 26.4 Å². The maximum Gasteiger partial charge on any atom is 0.410 e. The smallest absolute Gasteiger partial charge is 0.410 e. The monoisotopic (exact) mass is 345 g/mol. The number of rotatable bonds is 3. The van der Waals surface area contributed by atoms with E-state index >= 15 is 0 Å². The zero-order valence-corrected chi connectivity index (χ0v) is 12.1. The van der Waals surface area contributed by atoms with E-state index in [1.54, 1.807) is 4.90 Å². The molecule has 1 saturated heterocycles. The second-order valence-corrected chi connectivity index (χ2v) is 6.04. The fraction of sp³-hybridized carbons (Fsp3) is 0.889. The van der Waals surface area contributed by atoms with Crippen molar-refractivity contribution < 1.29 is 13.7 Å². The summed E-state index contributed by atoms with van der Waals surface area (Å²) in [7, 11) is 1.33. The molecule has 0 bridgehead atoms. The standard InChI is InChI=1S/C9H16INO3S/c1-9(2,3)14-8(12)11-4-7(5-11)6-13-15-10/h7H,4-6H2,1-3H3. The number of carbonyl (C=O) groups excluding carboxylic acids is 1. The highest BCUT2D eigenvalue weighted by Crippen LogP contribution is 2.22. The van der Waals surface area contributed by atoms with Crippen LogP contribution in [0, 0.1) is 5.92 Å². The molecule has 0 saturated carbocycles. The minimum Gasteiger partial charge on any atom is -0.444 e. The zero-order chi connectivity index (χ0) is 11.5. The Kier molecular flexibility index (Phi) is 4.98. The summed E-state index contributed by atoms with van der Waals surface area (Å²) < 4.78 is 10.4. The van der Waals surface area contributed by atoms with Gasteiger partial charge in [-0.3, -0.25) is 0 Å². The quantitative estimate of drug-likeness (QED) is 0.582. The molecule has 0 spiro atoms. The summed E-state index contributed by atoms with van der Waals surface area (Å²) in [6.45, 7) is 7.80. The van der Waals surface area contributed by atoms with Crippen LogP contribution in [0.1, 0.15) is 20.8 Å². The SMILES string of the molecule is CC(C)(C)OC(=O)N1CC(COSI)C1. The highest BCUT2D eigenvalue weighted by Gasteiger charge is 2.33. The van der Waals surface area contributed by atoms with Crippen molar-refractivity contribution in [2.75, 3.05) is 19.7 Å². The van der Waals surface area contributed by atoms with Crippen LogP contribution >= 0.6 is 30.4 Å². The van der Waals surface area contributed by atoms with Crippen LogP contribution in [0.15, 0.2) is 0 Å². The third kappa shape index (κ3) is 4.78. The molecule has 1 fully saturated rings. The van der Waals surface area contributed by atoms with Crippen LogP contribution in [0.3, 0.4) is 0 Å². The molecule has 0 aromatic heterocycles. The Morgan fingerprint density at radius 2 is 2.13 bits per heavy atom. The van der Waals surface area contributed by atoms with Gasteiger partial charge in [0.2, 0.25) is 0 Å². The molecule has 15 heavy (non-hydrogen) atoms. The molecule has 1 amide bonds. The number of nitrogens with zero attached hydrogens (tertiary/aromatic N) is 1. The summed E-state index contributed by atoms with van der Waals surface area (Å²) in [5.41, 5.74) is -0.406. The van der Waals surface area contributed by atoms with Gasteiger partial charge in [-0.1, -0.05) is 0 Å². The Bertz CT molecular complexity index is 226. The molecule has 0 atom stereocenters. The number of ether oxygens (including phenoxy) is 1. The van der Waals surface area contributed by atoms with Gasteiger partial charge < -0.3 is 13.8 Å². The zero-order valence-electron chi connectivity index (χ0n) is 9.16. The topological polar surface area (TPSA) is 38.8 Å². The lowest BCUT2D eigenvalue weighted by Gasteiger charge is -2.39. The highest BCUT2D eigenvalue weighted by molar-refractivity contribution is 14.2. The number of hydrogen-bond acceptors (Lipinski definition) is 4. The Labute approximate surface area is 107 Å². The van der Waals surface area contributed by atoms with E-state index in [0.29, 0.717) is 12.5 Å². The average Bonchev–Trinajstić information content (AvgIpc) is 1.98.